The number of nitrogens with zero attached hydrogens (tertiary/aromatic N) is 2. The van der Waals surface area contributed by atoms with E-state index in [2.05, 4.69) is 20.8 Å². The molecule has 1 aliphatic carbocycles. The summed E-state index contributed by atoms with van der Waals surface area (Å²) in [6.07, 6.45) is 3.78. The van der Waals surface area contributed by atoms with E-state index >= 15 is 0 Å². The van der Waals surface area contributed by atoms with Gasteiger partial charge in [-0.3, -0.25) is 14.9 Å². The molecule has 148 valence electrons. The molecule has 3 N–H and O–H groups in total. The van der Waals surface area contributed by atoms with Crippen LogP contribution in [0.4, 0.5) is 5.13 Å². The molecule has 0 unspecified atom stereocenters. The summed E-state index contributed by atoms with van der Waals surface area (Å²) < 4.78 is 5.83. The van der Waals surface area contributed by atoms with Crippen LogP contribution in [0, 0.1) is 6.92 Å². The van der Waals surface area contributed by atoms with E-state index in [1.54, 1.807) is 11.6 Å². The highest BCUT2D eigenvalue weighted by molar-refractivity contribution is 7.13. The van der Waals surface area contributed by atoms with Gasteiger partial charge in [-0.05, 0) is 44.0 Å². The number of benzene rings is 1. The second kappa shape index (κ2) is 7.88. The van der Waals surface area contributed by atoms with Crippen molar-refractivity contribution in [2.45, 2.75) is 26.2 Å². The average Bonchev–Trinajstić information content (AvgIpc) is 3.35. The number of hydrazone groups is 1. The highest BCUT2D eigenvalue weighted by atomic mass is 32.1. The van der Waals surface area contributed by atoms with Crippen molar-refractivity contribution in [1.29, 1.82) is 0 Å². The monoisotopic (exact) mass is 410 g/mol. The summed E-state index contributed by atoms with van der Waals surface area (Å²) in [6, 6.07) is 5.91. The van der Waals surface area contributed by atoms with E-state index in [-0.39, 0.29) is 23.3 Å². The van der Waals surface area contributed by atoms with Gasteiger partial charge in [0.2, 0.25) is 0 Å². The van der Waals surface area contributed by atoms with Gasteiger partial charge in [-0.2, -0.15) is 5.10 Å². The van der Waals surface area contributed by atoms with Crippen molar-refractivity contribution < 1.29 is 19.1 Å². The third-order valence-corrected chi connectivity index (χ3v) is 5.30. The van der Waals surface area contributed by atoms with Crippen LogP contribution in [0.15, 0.2) is 45.4 Å². The summed E-state index contributed by atoms with van der Waals surface area (Å²) in [5.41, 5.74) is 5.06. The second-order valence-electron chi connectivity index (χ2n) is 6.55. The number of aryl methyl sites for hydroxylation is 1. The molecule has 29 heavy (non-hydrogen) atoms. The second-order valence-corrected chi connectivity index (χ2v) is 7.44. The van der Waals surface area contributed by atoms with Gasteiger partial charge < -0.3 is 9.52 Å². The molecule has 9 heteroatoms. The van der Waals surface area contributed by atoms with Gasteiger partial charge in [0, 0.05) is 34.7 Å². The number of aromatic hydroxyl groups is 1. The number of anilines is 1. The molecule has 0 fully saturated rings. The zero-order chi connectivity index (χ0) is 20.4. The average molecular weight is 410 g/mol. The van der Waals surface area contributed by atoms with E-state index in [1.807, 2.05) is 6.92 Å². The van der Waals surface area contributed by atoms with Crippen molar-refractivity contribution in [3.63, 3.8) is 0 Å². The third-order valence-electron chi connectivity index (χ3n) is 4.61. The number of carbonyl (C=O) groups is 2. The molecule has 4 rings (SSSR count). The lowest BCUT2D eigenvalue weighted by Crippen LogP contribution is -2.22. The predicted octanol–water partition coefficient (Wildman–Crippen LogP) is 3.47. The number of hydrogen-bond acceptors (Lipinski definition) is 7. The fourth-order valence-corrected chi connectivity index (χ4v) is 3.76. The number of phenols is 1. The topological polar surface area (TPSA) is 117 Å². The number of rotatable bonds is 4. The van der Waals surface area contributed by atoms with Crippen molar-refractivity contribution >= 4 is 34.0 Å². The number of hydrogen-bond donors (Lipinski definition) is 3. The van der Waals surface area contributed by atoms with Gasteiger partial charge >= 0.3 is 0 Å². The Kier molecular flexibility index (Phi) is 5.13. The number of carbonyl (C=O) groups excluding carboxylic acids is 2. The summed E-state index contributed by atoms with van der Waals surface area (Å²) >= 11 is 1.33. The number of furan rings is 1. The Hall–Kier alpha value is -3.46. The molecule has 0 radical (unpaired) electrons. The molecule has 0 saturated carbocycles. The molecule has 0 spiro atoms. The van der Waals surface area contributed by atoms with Gasteiger partial charge in [-0.1, -0.05) is 0 Å². The van der Waals surface area contributed by atoms with Crippen LogP contribution in [0.5, 0.6) is 5.75 Å². The zero-order valence-electron chi connectivity index (χ0n) is 15.6. The largest absolute Gasteiger partial charge is 0.508 e. The summed E-state index contributed by atoms with van der Waals surface area (Å²) in [5, 5.41) is 18.6. The Labute approximate surface area is 170 Å². The molecule has 8 nitrogen and oxygen atoms in total. The molecule has 1 aliphatic rings. The molecule has 2 aromatic heterocycles. The van der Waals surface area contributed by atoms with Crippen LogP contribution in [-0.2, 0) is 6.42 Å². The quantitative estimate of drug-likeness (QED) is 0.570. The number of nitrogens with one attached hydrogen (secondary N) is 2. The first kappa shape index (κ1) is 18.9. The number of thiazole rings is 1. The van der Waals surface area contributed by atoms with Crippen molar-refractivity contribution in [3.8, 4) is 5.75 Å². The van der Waals surface area contributed by atoms with E-state index in [1.165, 1.54) is 35.6 Å². The fraction of sp³-hybridized carbons (Fsp3) is 0.200. The van der Waals surface area contributed by atoms with Crippen LogP contribution in [0.2, 0.25) is 0 Å². The molecule has 0 bridgehead atoms. The van der Waals surface area contributed by atoms with E-state index in [4.69, 9.17) is 4.42 Å². The van der Waals surface area contributed by atoms with Crippen molar-refractivity contribution in [2.24, 2.45) is 5.10 Å². The minimum atomic E-state index is -0.382. The molecule has 0 atom stereocenters. The molecule has 0 saturated heterocycles. The van der Waals surface area contributed by atoms with E-state index in [0.29, 0.717) is 40.6 Å². The predicted molar refractivity (Wildman–Crippen MR) is 109 cm³/mol. The smallest absolute Gasteiger partial charge is 0.293 e. The SMILES string of the molecule is Cc1c(C(=O)Nc2nccs2)oc2c1/C(=N/NC(=O)c1ccc(O)cc1)CCC2. The molecule has 2 amide bonds. The fourth-order valence-electron chi connectivity index (χ4n) is 3.23. The van der Waals surface area contributed by atoms with Crippen molar-refractivity contribution in [1.82, 2.24) is 10.4 Å². The Morgan fingerprint density at radius 3 is 2.72 bits per heavy atom. The van der Waals surface area contributed by atoms with Gasteiger partial charge in [0.1, 0.15) is 11.5 Å². The maximum Gasteiger partial charge on any atom is 0.293 e. The van der Waals surface area contributed by atoms with Crippen LogP contribution < -0.4 is 10.7 Å². The Balaban J connectivity index is 1.56. The summed E-state index contributed by atoms with van der Waals surface area (Å²) in [5.74, 6) is 0.259. The third kappa shape index (κ3) is 3.90. The molecule has 3 aromatic rings. The van der Waals surface area contributed by atoms with Gasteiger partial charge in [-0.25, -0.2) is 10.4 Å². The van der Waals surface area contributed by atoms with Gasteiger partial charge in [0.15, 0.2) is 10.9 Å². The first-order valence-electron chi connectivity index (χ1n) is 9.02. The summed E-state index contributed by atoms with van der Waals surface area (Å²) in [6.45, 7) is 1.81. The Morgan fingerprint density at radius 1 is 1.21 bits per heavy atom. The highest BCUT2D eigenvalue weighted by Crippen LogP contribution is 2.30. The van der Waals surface area contributed by atoms with Crippen molar-refractivity contribution in [3.05, 3.63) is 64.1 Å². The number of fused-ring (bicyclic) bond motifs is 1. The first-order chi connectivity index (χ1) is 14.0. The lowest BCUT2D eigenvalue weighted by Gasteiger charge is -2.13. The maximum absolute atomic E-state index is 12.6. The van der Waals surface area contributed by atoms with Crippen LogP contribution in [0.3, 0.4) is 0 Å². The molecule has 0 aliphatic heterocycles. The highest BCUT2D eigenvalue weighted by Gasteiger charge is 2.28. The molecular formula is C20H18N4O4S. The van der Waals surface area contributed by atoms with Gasteiger partial charge in [0.05, 0.1) is 5.71 Å². The minimum Gasteiger partial charge on any atom is -0.508 e. The van der Waals surface area contributed by atoms with Crippen LogP contribution >= 0.6 is 11.3 Å². The van der Waals surface area contributed by atoms with Gasteiger partial charge in [-0.15, -0.1) is 11.3 Å². The summed E-state index contributed by atoms with van der Waals surface area (Å²) in [7, 11) is 0. The van der Waals surface area contributed by atoms with Crippen LogP contribution in [0.25, 0.3) is 0 Å². The van der Waals surface area contributed by atoms with E-state index in [9.17, 15) is 14.7 Å². The standard InChI is InChI=1S/C20H18N4O4S/c1-11-16-14(23-24-18(26)12-5-7-13(25)8-6-12)3-2-4-15(16)28-17(11)19(27)22-20-21-9-10-29-20/h5-10,25H,2-4H2,1H3,(H,24,26)(H,21,22,27)/b23-14+. The van der Waals surface area contributed by atoms with E-state index in [0.717, 1.165) is 12.0 Å². The Morgan fingerprint density at radius 2 is 2.00 bits per heavy atom. The first-order valence-corrected chi connectivity index (χ1v) is 9.90. The molecule has 2 heterocycles. The Bertz CT molecular complexity index is 1080. The molecule has 1 aromatic carbocycles. The zero-order valence-corrected chi connectivity index (χ0v) is 16.4. The van der Waals surface area contributed by atoms with Crippen LogP contribution in [0.1, 0.15) is 50.6 Å². The lowest BCUT2D eigenvalue weighted by atomic mass is 9.93. The molecular weight excluding hydrogens is 392 g/mol. The normalized spacial score (nSPS) is 14.4. The maximum atomic E-state index is 12.6. The number of amides is 2. The van der Waals surface area contributed by atoms with Gasteiger partial charge in [0.25, 0.3) is 11.8 Å². The van der Waals surface area contributed by atoms with E-state index < -0.39 is 0 Å². The van der Waals surface area contributed by atoms with Crippen LogP contribution in [-0.4, -0.2) is 27.6 Å². The lowest BCUT2D eigenvalue weighted by molar-refractivity contribution is 0.0953. The number of phenolic OH excluding ortho intramolecular Hbond substituents is 1. The minimum absolute atomic E-state index is 0.0855. The van der Waals surface area contributed by atoms with Crippen molar-refractivity contribution in [2.75, 3.05) is 5.32 Å². The number of aromatic nitrogens is 1. The summed E-state index contributed by atoms with van der Waals surface area (Å²) in [4.78, 5) is 28.9.